The second-order valence-electron chi connectivity index (χ2n) is 8.09. The van der Waals surface area contributed by atoms with Crippen LogP contribution >= 0.6 is 39.0 Å². The van der Waals surface area contributed by atoms with Crippen LogP contribution in [0.25, 0.3) is 10.2 Å². The number of carbonyl (C=O) groups is 2. The third-order valence-electron chi connectivity index (χ3n) is 5.20. The van der Waals surface area contributed by atoms with E-state index in [-0.39, 0.29) is 17.6 Å². The van der Waals surface area contributed by atoms with Crippen LogP contribution in [0, 0.1) is 11.8 Å². The molecule has 0 saturated carbocycles. The summed E-state index contributed by atoms with van der Waals surface area (Å²) in [6.07, 6.45) is 1.17. The van der Waals surface area contributed by atoms with Gasteiger partial charge in [0.05, 0.1) is 28.3 Å². The Balaban J connectivity index is 1.64. The fraction of sp³-hybridized carbons (Fsp3) is 0.591. The molecule has 1 aromatic carbocycles. The van der Waals surface area contributed by atoms with Crippen LogP contribution < -0.4 is 4.80 Å². The molecule has 2 atom stereocenters. The average molecular weight is 529 g/mol. The van der Waals surface area contributed by atoms with Crippen molar-refractivity contribution in [2.45, 2.75) is 33.7 Å². The van der Waals surface area contributed by atoms with Crippen molar-refractivity contribution in [1.29, 1.82) is 0 Å². The van der Waals surface area contributed by atoms with E-state index in [0.717, 1.165) is 27.8 Å². The molecule has 31 heavy (non-hydrogen) atoms. The van der Waals surface area contributed by atoms with Crippen molar-refractivity contribution >= 4 is 61.1 Å². The molecule has 0 N–H and O–H groups in total. The lowest BCUT2D eigenvalue weighted by Gasteiger charge is -2.35. The van der Waals surface area contributed by atoms with Gasteiger partial charge in [-0.1, -0.05) is 41.1 Å². The van der Waals surface area contributed by atoms with Crippen molar-refractivity contribution in [2.24, 2.45) is 16.8 Å². The van der Waals surface area contributed by atoms with Crippen molar-refractivity contribution in [1.82, 2.24) is 9.47 Å². The molecule has 1 aliphatic rings. The Bertz CT molecular complexity index is 978. The summed E-state index contributed by atoms with van der Waals surface area (Å²) in [5, 5.41) is 0. The number of piperidine rings is 1. The molecule has 2 heterocycles. The van der Waals surface area contributed by atoms with E-state index in [1.165, 1.54) is 29.5 Å². The summed E-state index contributed by atoms with van der Waals surface area (Å²) >= 11 is 6.35. The molecule has 0 spiro atoms. The van der Waals surface area contributed by atoms with Gasteiger partial charge >= 0.3 is 0 Å². The Kier molecular flexibility index (Phi) is 9.18. The number of halogens is 1. The number of ether oxygens (including phenoxy) is 1. The van der Waals surface area contributed by atoms with Crippen LogP contribution in [0.3, 0.4) is 0 Å². The molecule has 6 nitrogen and oxygen atoms in total. The summed E-state index contributed by atoms with van der Waals surface area (Å²) < 4.78 is 9.59. The Morgan fingerprint density at radius 1 is 1.26 bits per heavy atom. The predicted octanol–water partition coefficient (Wildman–Crippen LogP) is 4.17. The molecule has 2 unspecified atom stereocenters. The molecule has 1 fully saturated rings. The van der Waals surface area contributed by atoms with Crippen LogP contribution in [0.4, 0.5) is 0 Å². The number of likely N-dealkylation sites (tertiary alicyclic amines) is 1. The maximum Gasteiger partial charge on any atom is 0.258 e. The Morgan fingerprint density at radius 2 is 2.00 bits per heavy atom. The SMILES string of the molecule is CCOCCn1c(=NC(=O)CSCC(=O)N2CC(C)CC(C)C2)sc2cc(Br)ccc21. The van der Waals surface area contributed by atoms with Gasteiger partial charge in [0.25, 0.3) is 5.91 Å². The minimum Gasteiger partial charge on any atom is -0.380 e. The van der Waals surface area contributed by atoms with Gasteiger partial charge in [-0.2, -0.15) is 4.99 Å². The van der Waals surface area contributed by atoms with Gasteiger partial charge in [-0.15, -0.1) is 11.8 Å². The van der Waals surface area contributed by atoms with Crippen molar-refractivity contribution in [3.63, 3.8) is 0 Å². The minimum absolute atomic E-state index is 0.120. The largest absolute Gasteiger partial charge is 0.380 e. The number of nitrogens with zero attached hydrogens (tertiary/aromatic N) is 3. The van der Waals surface area contributed by atoms with Gasteiger partial charge in [0, 0.05) is 30.7 Å². The number of benzene rings is 1. The predicted molar refractivity (Wildman–Crippen MR) is 131 cm³/mol. The van der Waals surface area contributed by atoms with Crippen molar-refractivity contribution < 1.29 is 14.3 Å². The highest BCUT2D eigenvalue weighted by atomic mass is 79.9. The van der Waals surface area contributed by atoms with Gasteiger partial charge in [0.2, 0.25) is 5.91 Å². The number of thioether (sulfide) groups is 1. The van der Waals surface area contributed by atoms with Gasteiger partial charge < -0.3 is 14.2 Å². The number of aromatic nitrogens is 1. The smallest absolute Gasteiger partial charge is 0.258 e. The van der Waals surface area contributed by atoms with E-state index in [4.69, 9.17) is 4.74 Å². The first kappa shape index (κ1) is 24.5. The standard InChI is InChI=1S/C22H30BrN3O3S2/c1-4-29-8-7-26-18-6-5-17(23)10-19(18)31-22(26)24-20(27)13-30-14-21(28)25-11-15(2)9-16(3)12-25/h5-6,10,15-16H,4,7-9,11-14H2,1-3H3. The zero-order valence-corrected chi connectivity index (χ0v) is 21.5. The molecule has 3 rings (SSSR count). The van der Waals surface area contributed by atoms with Crippen LogP contribution in [-0.4, -0.2) is 59.1 Å². The third-order valence-corrected chi connectivity index (χ3v) is 7.64. The van der Waals surface area contributed by atoms with E-state index in [0.29, 0.717) is 42.1 Å². The van der Waals surface area contributed by atoms with Crippen LogP contribution in [0.5, 0.6) is 0 Å². The molecule has 1 aromatic heterocycles. The molecular weight excluding hydrogens is 498 g/mol. The molecule has 0 bridgehead atoms. The molecule has 2 amide bonds. The van der Waals surface area contributed by atoms with E-state index >= 15 is 0 Å². The minimum atomic E-state index is -0.214. The van der Waals surface area contributed by atoms with Gasteiger partial charge in [-0.3, -0.25) is 9.59 Å². The average Bonchev–Trinajstić information content (AvgIpc) is 3.03. The van der Waals surface area contributed by atoms with E-state index < -0.39 is 0 Å². The van der Waals surface area contributed by atoms with Crippen molar-refractivity contribution in [3.8, 4) is 0 Å². The quantitative estimate of drug-likeness (QED) is 0.483. The molecule has 170 valence electrons. The lowest BCUT2D eigenvalue weighted by atomic mass is 9.92. The molecule has 9 heteroatoms. The maximum atomic E-state index is 12.5. The highest BCUT2D eigenvalue weighted by Gasteiger charge is 2.25. The summed E-state index contributed by atoms with van der Waals surface area (Å²) in [5.41, 5.74) is 1.04. The molecule has 1 saturated heterocycles. The fourth-order valence-electron chi connectivity index (χ4n) is 3.97. The number of fused-ring (bicyclic) bond motifs is 1. The first-order valence-corrected chi connectivity index (χ1v) is 13.4. The van der Waals surface area contributed by atoms with Crippen molar-refractivity contribution in [2.75, 3.05) is 37.8 Å². The second-order valence-corrected chi connectivity index (χ2v) is 11.0. The lowest BCUT2D eigenvalue weighted by Crippen LogP contribution is -2.43. The topological polar surface area (TPSA) is 63.9 Å². The Morgan fingerprint density at radius 3 is 2.71 bits per heavy atom. The second kappa shape index (κ2) is 11.6. The first-order valence-electron chi connectivity index (χ1n) is 10.7. The van der Waals surface area contributed by atoms with Crippen LogP contribution in [-0.2, 0) is 20.9 Å². The summed E-state index contributed by atoms with van der Waals surface area (Å²) in [4.78, 5) is 32.0. The summed E-state index contributed by atoms with van der Waals surface area (Å²) in [6.45, 7) is 9.84. The number of carbonyl (C=O) groups excluding carboxylic acids is 2. The van der Waals surface area contributed by atoms with Crippen LogP contribution in [0.1, 0.15) is 27.2 Å². The van der Waals surface area contributed by atoms with E-state index in [1.807, 2.05) is 34.6 Å². The van der Waals surface area contributed by atoms with Gasteiger partial charge in [-0.25, -0.2) is 0 Å². The highest BCUT2D eigenvalue weighted by molar-refractivity contribution is 9.10. The van der Waals surface area contributed by atoms with Gasteiger partial charge in [-0.05, 0) is 43.4 Å². The summed E-state index contributed by atoms with van der Waals surface area (Å²) in [7, 11) is 0. The zero-order valence-electron chi connectivity index (χ0n) is 18.3. The molecule has 0 radical (unpaired) electrons. The van der Waals surface area contributed by atoms with Gasteiger partial charge in [0.1, 0.15) is 0 Å². The maximum absolute atomic E-state index is 12.5. The Hall–Kier alpha value is -1.16. The van der Waals surface area contributed by atoms with E-state index in [2.05, 4.69) is 34.8 Å². The summed E-state index contributed by atoms with van der Waals surface area (Å²) in [5.74, 6) is 1.51. The van der Waals surface area contributed by atoms with Crippen LogP contribution in [0.2, 0.25) is 0 Å². The highest BCUT2D eigenvalue weighted by Crippen LogP contribution is 2.23. The van der Waals surface area contributed by atoms with E-state index in [9.17, 15) is 9.59 Å². The monoisotopic (exact) mass is 527 g/mol. The number of hydrogen-bond acceptors (Lipinski definition) is 5. The summed E-state index contributed by atoms with van der Waals surface area (Å²) in [6, 6.07) is 6.05. The number of amides is 2. The van der Waals surface area contributed by atoms with Crippen LogP contribution in [0.15, 0.2) is 27.7 Å². The zero-order chi connectivity index (χ0) is 22.4. The lowest BCUT2D eigenvalue weighted by molar-refractivity contribution is -0.130. The third kappa shape index (κ3) is 6.91. The molecule has 1 aliphatic heterocycles. The van der Waals surface area contributed by atoms with Gasteiger partial charge in [0.15, 0.2) is 4.80 Å². The number of rotatable bonds is 8. The van der Waals surface area contributed by atoms with E-state index in [1.54, 1.807) is 0 Å². The number of hydrogen-bond donors (Lipinski definition) is 0. The first-order chi connectivity index (χ1) is 14.9. The fourth-order valence-corrected chi connectivity index (χ4v) is 6.29. The number of thiazole rings is 1. The molecular formula is C22H30BrN3O3S2. The Labute approximate surface area is 200 Å². The normalized spacial score (nSPS) is 19.9. The molecule has 0 aliphatic carbocycles. The molecule has 2 aromatic rings. The van der Waals surface area contributed by atoms with Crippen molar-refractivity contribution in [3.05, 3.63) is 27.5 Å².